The molecule has 0 radical (unpaired) electrons. The molecule has 218 valence electrons. The van der Waals surface area contributed by atoms with Crippen LogP contribution in [0, 0.1) is 17.0 Å². The van der Waals surface area contributed by atoms with E-state index in [9.17, 15) is 23.5 Å². The highest BCUT2D eigenvalue weighted by molar-refractivity contribution is 6.31. The predicted octanol–water partition coefficient (Wildman–Crippen LogP) is 5.85. The molecule has 2 aromatic carbocycles. The highest BCUT2D eigenvalue weighted by Gasteiger charge is 2.24. The van der Waals surface area contributed by atoms with E-state index < -0.39 is 29.2 Å². The van der Waals surface area contributed by atoms with Crippen LogP contribution in [0.25, 0.3) is 10.8 Å². The fourth-order valence-corrected chi connectivity index (χ4v) is 3.86. The van der Waals surface area contributed by atoms with Crippen molar-refractivity contribution in [3.63, 3.8) is 0 Å². The van der Waals surface area contributed by atoms with Gasteiger partial charge in [-0.1, -0.05) is 45.0 Å². The van der Waals surface area contributed by atoms with Gasteiger partial charge < -0.3 is 19.5 Å². The molecule has 0 saturated heterocycles. The van der Waals surface area contributed by atoms with Gasteiger partial charge in [-0.15, -0.1) is 0 Å². The molecule has 0 unspecified atom stereocenters. The smallest absolute Gasteiger partial charge is 0.412 e. The van der Waals surface area contributed by atoms with Gasteiger partial charge in [0.15, 0.2) is 0 Å². The third-order valence-electron chi connectivity index (χ3n) is 6.13. The first kappa shape index (κ1) is 32.9. The largest absolute Gasteiger partial charge is 0.447 e. The molecule has 1 heterocycles. The number of ether oxygens (including phenoxy) is 2. The number of carbonyl (C=O) groups excluding carboxylic acids is 2. The molecule has 1 aromatic heterocycles. The molecule has 8 nitrogen and oxygen atoms in total. The summed E-state index contributed by atoms with van der Waals surface area (Å²) in [5.74, 6) is -1.08. The third kappa shape index (κ3) is 9.39. The molecule has 0 fully saturated rings. The lowest BCUT2D eigenvalue weighted by Gasteiger charge is -2.29. The topological polar surface area (TPSA) is 101 Å². The van der Waals surface area contributed by atoms with Crippen molar-refractivity contribution < 1.29 is 33.0 Å². The Kier molecular flexibility index (Phi) is 12.2. The number of carbonyl (C=O) groups is 2. The molecule has 40 heavy (non-hydrogen) atoms. The lowest BCUT2D eigenvalue weighted by atomic mass is 9.96. The number of amides is 2. The highest BCUT2D eigenvalue weighted by Crippen LogP contribution is 2.22. The van der Waals surface area contributed by atoms with Gasteiger partial charge in [0.05, 0.1) is 30.9 Å². The number of hydrogen-bond donors (Lipinski definition) is 2. The number of hydrogen-bond acceptors (Lipinski definition) is 6. The zero-order chi connectivity index (χ0) is 28.6. The Labute approximate surface area is 238 Å². The van der Waals surface area contributed by atoms with E-state index in [0.717, 1.165) is 0 Å². The zero-order valence-electron chi connectivity index (χ0n) is 22.0. The van der Waals surface area contributed by atoms with Gasteiger partial charge in [-0.25, -0.2) is 18.6 Å². The van der Waals surface area contributed by atoms with Gasteiger partial charge in [0.2, 0.25) is 5.91 Å². The van der Waals surface area contributed by atoms with Gasteiger partial charge in [-0.3, -0.25) is 10.1 Å². The molecule has 2 amide bonds. The summed E-state index contributed by atoms with van der Waals surface area (Å²) < 4.78 is 38.4. The number of halogens is 3. The lowest BCUT2D eigenvalue weighted by Crippen LogP contribution is -2.44. The van der Waals surface area contributed by atoms with Crippen LogP contribution in [-0.2, 0) is 20.7 Å². The Morgan fingerprint density at radius 2 is 1.90 bits per heavy atom. The molecule has 0 aliphatic heterocycles. The van der Waals surface area contributed by atoms with E-state index in [2.05, 4.69) is 10.3 Å². The summed E-state index contributed by atoms with van der Waals surface area (Å²) in [7, 11) is 1.56. The van der Waals surface area contributed by atoms with Crippen LogP contribution in [0.2, 0.25) is 5.02 Å². The number of fused-ring (bicyclic) bond motifs is 1. The fourth-order valence-electron chi connectivity index (χ4n) is 3.64. The molecule has 0 aliphatic rings. The van der Waals surface area contributed by atoms with Gasteiger partial charge in [0.25, 0.3) is 0 Å². The molecule has 3 aromatic rings. The van der Waals surface area contributed by atoms with E-state index in [1.807, 2.05) is 13.8 Å². The molecule has 1 atom stereocenters. The Hall–Kier alpha value is -3.34. The van der Waals surface area contributed by atoms with Crippen LogP contribution in [0.3, 0.4) is 0 Å². The molecule has 3 rings (SSSR count). The second-order valence-electron chi connectivity index (χ2n) is 9.99. The zero-order valence-corrected chi connectivity index (χ0v) is 22.8. The van der Waals surface area contributed by atoms with E-state index in [1.165, 1.54) is 41.4 Å². The first-order valence-electron chi connectivity index (χ1n) is 12.4. The van der Waals surface area contributed by atoms with Crippen LogP contribution < -0.4 is 5.32 Å². The summed E-state index contributed by atoms with van der Waals surface area (Å²) in [5, 5.41) is 13.2. The van der Waals surface area contributed by atoms with Crippen LogP contribution in [0.4, 0.5) is 19.4 Å². The number of nitrogens with one attached hydrogen (secondary N) is 1. The molecule has 0 bridgehead atoms. The first-order chi connectivity index (χ1) is 18.5. The number of pyridine rings is 1. The Bertz CT molecular complexity index is 1310. The number of rotatable bonds is 12. The van der Waals surface area contributed by atoms with Crippen LogP contribution in [-0.4, -0.2) is 66.5 Å². The standard InChI is InChI=1S/C28H32ClF2N3O5.CH4/c1-28(2,16-35)17-38-14-22(34(3)25(36)10-8-18-5-4-6-23(31)26(18)29)15-39-27(37)33-24-12-20-11-21(30)9-7-19(20)13-32-24;/h4-7,9,11-13,22,35H,8,10,14-17H2,1-3H3,(H,32,33,37);1H4/t22-;/m0./s1. The summed E-state index contributed by atoms with van der Waals surface area (Å²) in [5.41, 5.74) is 0.00933. The molecule has 0 spiro atoms. The number of aliphatic hydroxyl groups is 1. The molecule has 0 saturated carbocycles. The van der Waals surface area contributed by atoms with Crippen LogP contribution in [0.15, 0.2) is 48.7 Å². The predicted molar refractivity (Wildman–Crippen MR) is 151 cm³/mol. The van der Waals surface area contributed by atoms with E-state index in [0.29, 0.717) is 16.3 Å². The summed E-state index contributed by atoms with van der Waals surface area (Å²) >= 11 is 6.01. The Morgan fingerprint density at radius 3 is 2.62 bits per heavy atom. The number of likely N-dealkylation sites (N-methyl/N-ethyl adjacent to an activating group) is 1. The maximum Gasteiger partial charge on any atom is 0.412 e. The SMILES string of the molecule is C.CN(C(=O)CCc1cccc(F)c1Cl)[C@@H](COCC(C)(C)CO)COC(=O)Nc1cc2cc(F)ccc2cn1. The van der Waals surface area contributed by atoms with Gasteiger partial charge in [0, 0.05) is 30.5 Å². The van der Waals surface area contributed by atoms with Crippen molar-refractivity contribution in [2.75, 3.05) is 38.8 Å². The van der Waals surface area contributed by atoms with Gasteiger partial charge >= 0.3 is 6.09 Å². The minimum atomic E-state index is -0.814. The number of nitrogens with zero attached hydrogens (tertiary/aromatic N) is 2. The van der Waals surface area contributed by atoms with Crippen molar-refractivity contribution in [1.29, 1.82) is 0 Å². The summed E-state index contributed by atoms with van der Waals surface area (Å²) in [4.78, 5) is 31.0. The maximum absolute atomic E-state index is 13.7. The van der Waals surface area contributed by atoms with Crippen molar-refractivity contribution in [3.8, 4) is 0 Å². The van der Waals surface area contributed by atoms with E-state index in [-0.39, 0.29) is 63.4 Å². The molecular weight excluding hydrogens is 544 g/mol. The molecular formula is C29H36ClF2N3O5. The fraction of sp³-hybridized carbons (Fsp3) is 0.414. The lowest BCUT2D eigenvalue weighted by molar-refractivity contribution is -0.134. The quantitative estimate of drug-likeness (QED) is 0.279. The number of aromatic nitrogens is 1. The Balaban J connectivity index is 0.00000560. The molecule has 0 aliphatic carbocycles. The van der Waals surface area contributed by atoms with Crippen molar-refractivity contribution >= 4 is 40.2 Å². The minimum absolute atomic E-state index is 0. The van der Waals surface area contributed by atoms with Gasteiger partial charge in [-0.05, 0) is 47.7 Å². The Morgan fingerprint density at radius 1 is 1.15 bits per heavy atom. The average Bonchev–Trinajstić information content (AvgIpc) is 2.90. The average molecular weight is 580 g/mol. The number of aryl methyl sites for hydroxylation is 1. The van der Waals surface area contributed by atoms with E-state index >= 15 is 0 Å². The molecule has 11 heteroatoms. The monoisotopic (exact) mass is 579 g/mol. The van der Waals surface area contributed by atoms with Crippen molar-refractivity contribution in [2.24, 2.45) is 5.41 Å². The van der Waals surface area contributed by atoms with Crippen molar-refractivity contribution in [3.05, 3.63) is 70.9 Å². The van der Waals surface area contributed by atoms with Gasteiger partial charge in [0.1, 0.15) is 24.1 Å². The van der Waals surface area contributed by atoms with E-state index in [4.69, 9.17) is 21.1 Å². The summed E-state index contributed by atoms with van der Waals surface area (Å²) in [6.07, 6.45) is 0.954. The highest BCUT2D eigenvalue weighted by atomic mass is 35.5. The third-order valence-corrected chi connectivity index (χ3v) is 6.56. The van der Waals surface area contributed by atoms with Gasteiger partial charge in [-0.2, -0.15) is 0 Å². The number of benzene rings is 2. The van der Waals surface area contributed by atoms with Crippen molar-refractivity contribution in [2.45, 2.75) is 40.2 Å². The second-order valence-corrected chi connectivity index (χ2v) is 10.4. The first-order valence-corrected chi connectivity index (χ1v) is 12.7. The normalized spacial score (nSPS) is 12.0. The van der Waals surface area contributed by atoms with Crippen LogP contribution >= 0.6 is 11.6 Å². The minimum Gasteiger partial charge on any atom is -0.447 e. The summed E-state index contributed by atoms with van der Waals surface area (Å²) in [6.45, 7) is 3.61. The van der Waals surface area contributed by atoms with E-state index in [1.54, 1.807) is 19.2 Å². The maximum atomic E-state index is 13.7. The van der Waals surface area contributed by atoms with Crippen LogP contribution in [0.1, 0.15) is 33.3 Å². The second kappa shape index (κ2) is 14.9. The number of anilines is 1. The van der Waals surface area contributed by atoms with Crippen molar-refractivity contribution in [1.82, 2.24) is 9.88 Å². The summed E-state index contributed by atoms with van der Waals surface area (Å²) in [6, 6.07) is 9.51. The van der Waals surface area contributed by atoms with Crippen LogP contribution in [0.5, 0.6) is 0 Å². The number of aliphatic hydroxyl groups excluding tert-OH is 1. The molecule has 2 N–H and O–H groups in total.